The number of rotatable bonds is 7. The van der Waals surface area contributed by atoms with Crippen LogP contribution in [-0.4, -0.2) is 11.2 Å². The lowest BCUT2D eigenvalue weighted by molar-refractivity contribution is 0.172. The van der Waals surface area contributed by atoms with Gasteiger partial charge in [-0.3, -0.25) is 0 Å². The standard InChI is InChI=1S/C12H24O/c1-4-5-6-7-8-9-10-12(13)11(2)3/h9-13H,4-8H2,1-3H3/b10-9+/t12-/m1/s1. The highest BCUT2D eigenvalue weighted by Crippen LogP contribution is 2.06. The van der Waals surface area contributed by atoms with Crippen molar-refractivity contribution >= 4 is 0 Å². The Morgan fingerprint density at radius 1 is 1.15 bits per heavy atom. The van der Waals surface area contributed by atoms with E-state index in [1.807, 2.05) is 19.9 Å². The van der Waals surface area contributed by atoms with Crippen LogP contribution in [0, 0.1) is 5.92 Å². The third-order valence-electron chi connectivity index (χ3n) is 2.24. The summed E-state index contributed by atoms with van der Waals surface area (Å²) in [7, 11) is 0. The summed E-state index contributed by atoms with van der Waals surface area (Å²) in [6.45, 7) is 6.29. The van der Waals surface area contributed by atoms with Gasteiger partial charge in [0.1, 0.15) is 0 Å². The van der Waals surface area contributed by atoms with Crippen molar-refractivity contribution < 1.29 is 5.11 Å². The maximum Gasteiger partial charge on any atom is 0.0743 e. The van der Waals surface area contributed by atoms with Gasteiger partial charge >= 0.3 is 0 Å². The molecule has 0 radical (unpaired) electrons. The summed E-state index contributed by atoms with van der Waals surface area (Å²) in [4.78, 5) is 0. The molecule has 0 aromatic rings. The van der Waals surface area contributed by atoms with Gasteiger partial charge < -0.3 is 5.11 Å². The zero-order valence-corrected chi connectivity index (χ0v) is 9.29. The Labute approximate surface area is 82.9 Å². The van der Waals surface area contributed by atoms with E-state index < -0.39 is 0 Å². The van der Waals surface area contributed by atoms with Gasteiger partial charge in [-0.2, -0.15) is 0 Å². The monoisotopic (exact) mass is 184 g/mol. The van der Waals surface area contributed by atoms with Crippen molar-refractivity contribution in [3.05, 3.63) is 12.2 Å². The quantitative estimate of drug-likeness (QED) is 0.474. The van der Waals surface area contributed by atoms with E-state index in [1.54, 1.807) is 0 Å². The summed E-state index contributed by atoms with van der Waals surface area (Å²) in [5, 5.41) is 9.44. The average Bonchev–Trinajstić information content (AvgIpc) is 2.10. The first-order valence-electron chi connectivity index (χ1n) is 5.53. The summed E-state index contributed by atoms with van der Waals surface area (Å²) in [6, 6.07) is 0. The molecule has 0 heterocycles. The number of allylic oxidation sites excluding steroid dienone is 1. The molecule has 0 bridgehead atoms. The van der Waals surface area contributed by atoms with Gasteiger partial charge in [-0.1, -0.05) is 52.2 Å². The summed E-state index contributed by atoms with van der Waals surface area (Å²) in [5.74, 6) is 0.340. The van der Waals surface area contributed by atoms with Crippen LogP contribution < -0.4 is 0 Å². The van der Waals surface area contributed by atoms with E-state index >= 15 is 0 Å². The maximum atomic E-state index is 9.44. The van der Waals surface area contributed by atoms with E-state index in [4.69, 9.17) is 0 Å². The Morgan fingerprint density at radius 2 is 1.85 bits per heavy atom. The van der Waals surface area contributed by atoms with Gasteiger partial charge in [-0.25, -0.2) is 0 Å². The van der Waals surface area contributed by atoms with E-state index in [1.165, 1.54) is 25.7 Å². The third kappa shape index (κ3) is 8.04. The number of aliphatic hydroxyl groups excluding tert-OH is 1. The summed E-state index contributed by atoms with van der Waals surface area (Å²) >= 11 is 0. The molecule has 0 saturated carbocycles. The van der Waals surface area contributed by atoms with Gasteiger partial charge in [0.15, 0.2) is 0 Å². The minimum absolute atomic E-state index is 0.258. The second-order valence-electron chi connectivity index (χ2n) is 4.01. The van der Waals surface area contributed by atoms with E-state index in [9.17, 15) is 5.11 Å². The van der Waals surface area contributed by atoms with Crippen molar-refractivity contribution in [3.63, 3.8) is 0 Å². The zero-order chi connectivity index (χ0) is 10.1. The largest absolute Gasteiger partial charge is 0.389 e. The molecule has 0 fully saturated rings. The van der Waals surface area contributed by atoms with Crippen LogP contribution in [0.1, 0.15) is 52.9 Å². The highest BCUT2D eigenvalue weighted by Gasteiger charge is 2.02. The van der Waals surface area contributed by atoms with Crippen molar-refractivity contribution in [2.75, 3.05) is 0 Å². The van der Waals surface area contributed by atoms with Gasteiger partial charge in [-0.15, -0.1) is 0 Å². The van der Waals surface area contributed by atoms with E-state index in [0.717, 1.165) is 6.42 Å². The van der Waals surface area contributed by atoms with Crippen LogP contribution in [0.5, 0.6) is 0 Å². The molecule has 1 atom stereocenters. The zero-order valence-electron chi connectivity index (χ0n) is 9.29. The molecular weight excluding hydrogens is 160 g/mol. The Bertz CT molecular complexity index is 127. The second-order valence-corrected chi connectivity index (χ2v) is 4.01. The molecule has 0 aliphatic heterocycles. The normalized spacial score (nSPS) is 14.2. The predicted molar refractivity (Wildman–Crippen MR) is 58.7 cm³/mol. The molecule has 0 unspecified atom stereocenters. The van der Waals surface area contributed by atoms with E-state index in [2.05, 4.69) is 13.0 Å². The molecular formula is C12H24O. The Kier molecular flexibility index (Phi) is 8.11. The van der Waals surface area contributed by atoms with Crippen LogP contribution in [0.2, 0.25) is 0 Å². The molecule has 13 heavy (non-hydrogen) atoms. The Balaban J connectivity index is 3.30. The minimum atomic E-state index is -0.258. The average molecular weight is 184 g/mol. The van der Waals surface area contributed by atoms with Gasteiger partial charge in [-0.05, 0) is 18.8 Å². The van der Waals surface area contributed by atoms with Crippen LogP contribution in [0.15, 0.2) is 12.2 Å². The van der Waals surface area contributed by atoms with Crippen LogP contribution in [0.25, 0.3) is 0 Å². The molecule has 0 aromatic carbocycles. The van der Waals surface area contributed by atoms with Crippen molar-refractivity contribution in [2.24, 2.45) is 5.92 Å². The summed E-state index contributed by atoms with van der Waals surface area (Å²) < 4.78 is 0. The first-order chi connectivity index (χ1) is 6.18. The molecule has 0 saturated heterocycles. The van der Waals surface area contributed by atoms with Gasteiger partial charge in [0.2, 0.25) is 0 Å². The van der Waals surface area contributed by atoms with Crippen molar-refractivity contribution in [1.29, 1.82) is 0 Å². The number of hydrogen-bond donors (Lipinski definition) is 1. The first kappa shape index (κ1) is 12.7. The molecule has 0 aromatic heterocycles. The SMILES string of the molecule is CCCCCC/C=C/[C@@H](O)C(C)C. The van der Waals surface area contributed by atoms with Crippen molar-refractivity contribution in [3.8, 4) is 0 Å². The molecule has 0 rings (SSSR count). The lowest BCUT2D eigenvalue weighted by Gasteiger charge is -2.08. The second kappa shape index (κ2) is 8.31. The summed E-state index contributed by atoms with van der Waals surface area (Å²) in [6.07, 6.45) is 10.1. The maximum absolute atomic E-state index is 9.44. The fourth-order valence-corrected chi connectivity index (χ4v) is 1.15. The highest BCUT2D eigenvalue weighted by atomic mass is 16.3. The molecule has 0 aliphatic carbocycles. The molecule has 1 heteroatoms. The minimum Gasteiger partial charge on any atom is -0.389 e. The fraction of sp³-hybridized carbons (Fsp3) is 0.833. The van der Waals surface area contributed by atoms with Crippen LogP contribution >= 0.6 is 0 Å². The molecule has 1 nitrogen and oxygen atoms in total. The van der Waals surface area contributed by atoms with Crippen LogP contribution in [0.3, 0.4) is 0 Å². The molecule has 0 amide bonds. The molecule has 78 valence electrons. The van der Waals surface area contributed by atoms with Crippen LogP contribution in [0.4, 0.5) is 0 Å². The van der Waals surface area contributed by atoms with E-state index in [0.29, 0.717) is 5.92 Å². The smallest absolute Gasteiger partial charge is 0.0743 e. The number of aliphatic hydroxyl groups is 1. The predicted octanol–water partition coefficient (Wildman–Crippen LogP) is 3.53. The lowest BCUT2D eigenvalue weighted by atomic mass is 10.1. The van der Waals surface area contributed by atoms with E-state index in [-0.39, 0.29) is 6.10 Å². The van der Waals surface area contributed by atoms with Crippen LogP contribution in [-0.2, 0) is 0 Å². The van der Waals surface area contributed by atoms with Gasteiger partial charge in [0.25, 0.3) is 0 Å². The number of hydrogen-bond acceptors (Lipinski definition) is 1. The Hall–Kier alpha value is -0.300. The van der Waals surface area contributed by atoms with Crippen molar-refractivity contribution in [1.82, 2.24) is 0 Å². The summed E-state index contributed by atoms with van der Waals surface area (Å²) in [5.41, 5.74) is 0. The fourth-order valence-electron chi connectivity index (χ4n) is 1.15. The molecule has 1 N–H and O–H groups in total. The first-order valence-corrected chi connectivity index (χ1v) is 5.53. The molecule has 0 spiro atoms. The Morgan fingerprint density at radius 3 is 2.38 bits per heavy atom. The van der Waals surface area contributed by atoms with Gasteiger partial charge in [0.05, 0.1) is 6.10 Å². The third-order valence-corrected chi connectivity index (χ3v) is 2.24. The topological polar surface area (TPSA) is 20.2 Å². The van der Waals surface area contributed by atoms with Gasteiger partial charge in [0, 0.05) is 0 Å². The molecule has 0 aliphatic rings. The van der Waals surface area contributed by atoms with Crippen molar-refractivity contribution in [2.45, 2.75) is 59.0 Å². The highest BCUT2D eigenvalue weighted by molar-refractivity contribution is 4.89. The lowest BCUT2D eigenvalue weighted by Crippen LogP contribution is -2.10. The number of unbranched alkanes of at least 4 members (excludes halogenated alkanes) is 4.